The summed E-state index contributed by atoms with van der Waals surface area (Å²) in [6.07, 6.45) is 14.1. The first-order valence-electron chi connectivity index (χ1n) is 10.5. The molecule has 0 aliphatic heterocycles. The second-order valence-corrected chi connectivity index (χ2v) is 8.46. The molecule has 2 saturated carbocycles. The molecule has 0 saturated heterocycles. The molecule has 0 bridgehead atoms. The molecule has 2 heteroatoms. The molecule has 0 atom stereocenters. The van der Waals surface area contributed by atoms with Crippen LogP contribution in [0.5, 0.6) is 5.75 Å². The Morgan fingerprint density at radius 3 is 2.40 bits per heavy atom. The molecule has 0 unspecified atom stereocenters. The Bertz CT molecular complexity index is 563. The molecule has 0 heterocycles. The summed E-state index contributed by atoms with van der Waals surface area (Å²) in [6.45, 7) is 6.64. The Morgan fingerprint density at radius 2 is 1.72 bits per heavy atom. The molecule has 2 aliphatic rings. The zero-order valence-corrected chi connectivity index (χ0v) is 16.3. The summed E-state index contributed by atoms with van der Waals surface area (Å²) < 4.78 is 6.31. The van der Waals surface area contributed by atoms with E-state index in [4.69, 9.17) is 9.73 Å². The van der Waals surface area contributed by atoms with Gasteiger partial charge in [0.05, 0.1) is 6.10 Å². The maximum atomic E-state index is 6.31. The van der Waals surface area contributed by atoms with E-state index >= 15 is 0 Å². The lowest BCUT2D eigenvalue weighted by atomic mass is 9.79. The fourth-order valence-electron chi connectivity index (χ4n) is 4.36. The molecule has 2 fully saturated rings. The Morgan fingerprint density at radius 1 is 1.00 bits per heavy atom. The van der Waals surface area contributed by atoms with Crippen molar-refractivity contribution in [1.82, 2.24) is 0 Å². The van der Waals surface area contributed by atoms with E-state index in [0.29, 0.717) is 12.0 Å². The predicted octanol–water partition coefficient (Wildman–Crippen LogP) is 6.52. The number of ether oxygens (including phenoxy) is 1. The van der Waals surface area contributed by atoms with Crippen LogP contribution in [0.3, 0.4) is 0 Å². The van der Waals surface area contributed by atoms with Gasteiger partial charge in [0.2, 0.25) is 0 Å². The lowest BCUT2D eigenvalue weighted by molar-refractivity contribution is 0.235. The van der Waals surface area contributed by atoms with Crippen molar-refractivity contribution in [2.75, 3.05) is 0 Å². The van der Waals surface area contributed by atoms with Gasteiger partial charge in [0.25, 0.3) is 0 Å². The van der Waals surface area contributed by atoms with Crippen molar-refractivity contribution in [3.05, 3.63) is 29.3 Å². The van der Waals surface area contributed by atoms with Crippen molar-refractivity contribution >= 4 is 6.21 Å². The molecule has 0 N–H and O–H groups in total. The highest BCUT2D eigenvalue weighted by Gasteiger charge is 2.24. The van der Waals surface area contributed by atoms with E-state index in [9.17, 15) is 0 Å². The number of nitrogens with zero attached hydrogens (tertiary/aromatic N) is 1. The molecule has 0 aromatic heterocycles. The first-order valence-corrected chi connectivity index (χ1v) is 10.5. The lowest BCUT2D eigenvalue weighted by Crippen LogP contribution is -2.15. The lowest BCUT2D eigenvalue weighted by Gasteiger charge is -2.29. The largest absolute Gasteiger partial charge is 0.490 e. The fraction of sp³-hybridized carbons (Fsp3) is 0.696. The summed E-state index contributed by atoms with van der Waals surface area (Å²) in [6, 6.07) is 7.18. The molecule has 25 heavy (non-hydrogen) atoms. The summed E-state index contributed by atoms with van der Waals surface area (Å²) in [5.74, 6) is 2.62. The standard InChI is InChI=1S/C23H35NO/c1-17(2)25-23-20(16-24-21-9-5-4-6-10-21)8-7-11-22(23)19-14-12-18(3)13-15-19/h7-8,11,16-19,21H,4-6,9-10,12-15H2,1-3H3. The van der Waals surface area contributed by atoms with Gasteiger partial charge in [-0.3, -0.25) is 4.99 Å². The number of hydrogen-bond acceptors (Lipinski definition) is 2. The van der Waals surface area contributed by atoms with Crippen molar-refractivity contribution < 1.29 is 4.74 Å². The summed E-state index contributed by atoms with van der Waals surface area (Å²) in [7, 11) is 0. The molecule has 0 amide bonds. The Labute approximate surface area is 154 Å². The zero-order chi connectivity index (χ0) is 17.6. The Hall–Kier alpha value is -1.31. The third-order valence-corrected chi connectivity index (χ3v) is 5.88. The molecular weight excluding hydrogens is 306 g/mol. The van der Waals surface area contributed by atoms with Crippen LogP contribution in [0.2, 0.25) is 0 Å². The predicted molar refractivity (Wildman–Crippen MR) is 107 cm³/mol. The average molecular weight is 342 g/mol. The summed E-state index contributed by atoms with van der Waals surface area (Å²) >= 11 is 0. The molecule has 1 aromatic rings. The van der Waals surface area contributed by atoms with Gasteiger partial charge in [-0.25, -0.2) is 0 Å². The Balaban J connectivity index is 1.83. The van der Waals surface area contributed by atoms with Gasteiger partial charge in [-0.15, -0.1) is 0 Å². The average Bonchev–Trinajstić information content (AvgIpc) is 2.62. The number of aliphatic imine (C=N–C) groups is 1. The molecule has 0 spiro atoms. The fourth-order valence-corrected chi connectivity index (χ4v) is 4.36. The van der Waals surface area contributed by atoms with Crippen LogP contribution in [0.15, 0.2) is 23.2 Å². The second-order valence-electron chi connectivity index (χ2n) is 8.46. The number of para-hydroxylation sites is 1. The molecule has 3 rings (SSSR count). The van der Waals surface area contributed by atoms with Crippen LogP contribution < -0.4 is 4.74 Å². The van der Waals surface area contributed by atoms with E-state index in [1.807, 2.05) is 0 Å². The zero-order valence-electron chi connectivity index (χ0n) is 16.3. The maximum absolute atomic E-state index is 6.31. The van der Waals surface area contributed by atoms with Gasteiger partial charge in [-0.2, -0.15) is 0 Å². The summed E-state index contributed by atoms with van der Waals surface area (Å²) in [4.78, 5) is 4.91. The number of benzene rings is 1. The van der Waals surface area contributed by atoms with Crippen molar-refractivity contribution in [1.29, 1.82) is 0 Å². The third-order valence-electron chi connectivity index (χ3n) is 5.88. The normalized spacial score (nSPS) is 25.6. The highest BCUT2D eigenvalue weighted by molar-refractivity contribution is 5.84. The van der Waals surface area contributed by atoms with E-state index < -0.39 is 0 Å². The number of hydrogen-bond donors (Lipinski definition) is 0. The van der Waals surface area contributed by atoms with E-state index in [1.165, 1.54) is 68.9 Å². The van der Waals surface area contributed by atoms with E-state index in [2.05, 4.69) is 45.2 Å². The van der Waals surface area contributed by atoms with Crippen LogP contribution in [-0.2, 0) is 0 Å². The monoisotopic (exact) mass is 341 g/mol. The SMILES string of the molecule is CC1CCC(c2cccc(C=NC3CCCCC3)c2OC(C)C)CC1. The van der Waals surface area contributed by atoms with Crippen molar-refractivity contribution in [2.24, 2.45) is 10.9 Å². The van der Waals surface area contributed by atoms with Crippen molar-refractivity contribution in [2.45, 2.75) is 96.6 Å². The van der Waals surface area contributed by atoms with Gasteiger partial charge in [0.1, 0.15) is 5.75 Å². The van der Waals surface area contributed by atoms with Crippen LogP contribution in [0, 0.1) is 5.92 Å². The quantitative estimate of drug-likeness (QED) is 0.559. The molecule has 0 radical (unpaired) electrons. The first kappa shape index (κ1) is 18.5. The van der Waals surface area contributed by atoms with Gasteiger partial charge >= 0.3 is 0 Å². The van der Waals surface area contributed by atoms with Crippen LogP contribution in [0.4, 0.5) is 0 Å². The maximum Gasteiger partial charge on any atom is 0.131 e. The molecular formula is C23H35NO. The van der Waals surface area contributed by atoms with Gasteiger partial charge in [-0.1, -0.05) is 51.2 Å². The van der Waals surface area contributed by atoms with Gasteiger partial charge < -0.3 is 4.74 Å². The van der Waals surface area contributed by atoms with Crippen LogP contribution >= 0.6 is 0 Å². The number of rotatable bonds is 5. The van der Waals surface area contributed by atoms with Crippen molar-refractivity contribution in [3.63, 3.8) is 0 Å². The summed E-state index contributed by atoms with van der Waals surface area (Å²) in [5.41, 5.74) is 2.59. The minimum Gasteiger partial charge on any atom is -0.490 e. The molecule has 1 aromatic carbocycles. The minimum absolute atomic E-state index is 0.200. The first-order chi connectivity index (χ1) is 12.1. The second kappa shape index (κ2) is 8.87. The van der Waals surface area contributed by atoms with Crippen LogP contribution in [-0.4, -0.2) is 18.4 Å². The van der Waals surface area contributed by atoms with E-state index in [-0.39, 0.29) is 6.10 Å². The Kier molecular flexibility index (Phi) is 6.56. The van der Waals surface area contributed by atoms with Crippen LogP contribution in [0.1, 0.15) is 95.6 Å². The highest BCUT2D eigenvalue weighted by Crippen LogP contribution is 2.40. The molecule has 2 aliphatic carbocycles. The third kappa shape index (κ3) is 5.09. The van der Waals surface area contributed by atoms with Gasteiger partial charge in [0, 0.05) is 17.8 Å². The van der Waals surface area contributed by atoms with Gasteiger partial charge in [0.15, 0.2) is 0 Å². The topological polar surface area (TPSA) is 21.6 Å². The highest BCUT2D eigenvalue weighted by atomic mass is 16.5. The van der Waals surface area contributed by atoms with Crippen molar-refractivity contribution in [3.8, 4) is 5.75 Å². The molecule has 2 nitrogen and oxygen atoms in total. The minimum atomic E-state index is 0.200. The molecule has 138 valence electrons. The van der Waals surface area contributed by atoms with Gasteiger partial charge in [-0.05, 0) is 63.0 Å². The van der Waals surface area contributed by atoms with E-state index in [0.717, 1.165) is 11.7 Å². The van der Waals surface area contributed by atoms with Crippen LogP contribution in [0.25, 0.3) is 0 Å². The smallest absolute Gasteiger partial charge is 0.131 e. The van der Waals surface area contributed by atoms with E-state index in [1.54, 1.807) is 0 Å². The summed E-state index contributed by atoms with van der Waals surface area (Å²) in [5, 5.41) is 0.